The topological polar surface area (TPSA) is 47.7 Å². The molecule has 19 heavy (non-hydrogen) atoms. The van der Waals surface area contributed by atoms with Gasteiger partial charge in [0.15, 0.2) is 0 Å². The van der Waals surface area contributed by atoms with Crippen LogP contribution in [0.3, 0.4) is 0 Å². The first kappa shape index (κ1) is 15.8. The summed E-state index contributed by atoms with van der Waals surface area (Å²) in [6.45, 7) is 4.22. The normalized spacial score (nSPS) is 16.0. The molecule has 1 aromatic rings. The Morgan fingerprint density at radius 1 is 1.26 bits per heavy atom. The Bertz CT molecular complexity index is 421. The van der Waals surface area contributed by atoms with E-state index in [4.69, 9.17) is 15.2 Å². The summed E-state index contributed by atoms with van der Waals surface area (Å²) in [5.41, 5.74) is 7.19. The highest BCUT2D eigenvalue weighted by Gasteiger charge is 2.36. The molecule has 0 bridgehead atoms. The molecule has 0 aromatic heterocycles. The molecule has 0 radical (unpaired) electrons. The maximum absolute atomic E-state index is 6.69. The highest BCUT2D eigenvalue weighted by Crippen LogP contribution is 2.37. The van der Waals surface area contributed by atoms with Gasteiger partial charge in [0.2, 0.25) is 0 Å². The van der Waals surface area contributed by atoms with Crippen LogP contribution >= 0.6 is 0 Å². The van der Waals surface area contributed by atoms with Crippen LogP contribution in [-0.2, 0) is 5.54 Å². The van der Waals surface area contributed by atoms with Gasteiger partial charge in [-0.3, -0.25) is 0 Å². The first-order valence-corrected chi connectivity index (χ1v) is 6.58. The average Bonchev–Trinajstić information content (AvgIpc) is 2.44. The van der Waals surface area contributed by atoms with Crippen molar-refractivity contribution < 1.29 is 9.47 Å². The number of likely N-dealkylation sites (N-methyl/N-ethyl adjacent to an activating group) is 1. The van der Waals surface area contributed by atoms with Crippen LogP contribution < -0.4 is 15.2 Å². The lowest BCUT2D eigenvalue weighted by Gasteiger charge is -2.39. The van der Waals surface area contributed by atoms with E-state index in [0.29, 0.717) is 0 Å². The van der Waals surface area contributed by atoms with Gasteiger partial charge in [-0.25, -0.2) is 0 Å². The lowest BCUT2D eigenvalue weighted by Crippen LogP contribution is -2.52. The number of hydrogen-bond acceptors (Lipinski definition) is 4. The quantitative estimate of drug-likeness (QED) is 0.857. The second kappa shape index (κ2) is 6.26. The Hall–Kier alpha value is -1.26. The van der Waals surface area contributed by atoms with Crippen molar-refractivity contribution in [2.24, 2.45) is 5.73 Å². The third kappa shape index (κ3) is 3.01. The molecule has 0 amide bonds. The van der Waals surface area contributed by atoms with Crippen LogP contribution in [0.25, 0.3) is 0 Å². The summed E-state index contributed by atoms with van der Waals surface area (Å²) in [4.78, 5) is 2.13. The molecule has 0 aliphatic rings. The van der Waals surface area contributed by atoms with E-state index in [9.17, 15) is 0 Å². The van der Waals surface area contributed by atoms with Gasteiger partial charge >= 0.3 is 0 Å². The molecule has 2 atom stereocenters. The molecule has 1 aromatic carbocycles. The number of rotatable bonds is 6. The largest absolute Gasteiger partial charge is 0.497 e. The predicted molar refractivity (Wildman–Crippen MR) is 78.9 cm³/mol. The van der Waals surface area contributed by atoms with Crippen molar-refractivity contribution in [1.29, 1.82) is 0 Å². The zero-order chi connectivity index (χ0) is 14.6. The molecular formula is C15H26N2O2. The summed E-state index contributed by atoms with van der Waals surface area (Å²) in [5, 5.41) is 0. The fourth-order valence-electron chi connectivity index (χ4n) is 2.35. The van der Waals surface area contributed by atoms with Crippen LogP contribution in [0.1, 0.15) is 25.8 Å². The van der Waals surface area contributed by atoms with E-state index in [1.807, 2.05) is 32.3 Å². The van der Waals surface area contributed by atoms with Gasteiger partial charge in [0, 0.05) is 11.6 Å². The molecular weight excluding hydrogens is 240 g/mol. The van der Waals surface area contributed by atoms with Crippen LogP contribution in [0.15, 0.2) is 18.2 Å². The zero-order valence-electron chi connectivity index (χ0n) is 12.9. The van der Waals surface area contributed by atoms with Crippen LogP contribution in [0.5, 0.6) is 11.5 Å². The Kier molecular flexibility index (Phi) is 5.20. The van der Waals surface area contributed by atoms with Gasteiger partial charge in [-0.1, -0.05) is 6.92 Å². The Labute approximate surface area is 116 Å². The Balaban J connectivity index is 3.37. The van der Waals surface area contributed by atoms with Gasteiger partial charge in [0.05, 0.1) is 19.8 Å². The van der Waals surface area contributed by atoms with Crippen molar-refractivity contribution in [2.45, 2.75) is 31.8 Å². The molecule has 0 aliphatic heterocycles. The van der Waals surface area contributed by atoms with Crippen molar-refractivity contribution in [1.82, 2.24) is 4.90 Å². The standard InChI is InChI=1S/C15H26N2O2/c1-7-15(16,11(2)17(3)4)13-10-12(18-5)8-9-14(13)19-6/h8-11H,7,16H2,1-6H3. The van der Waals surface area contributed by atoms with E-state index in [1.165, 1.54) is 0 Å². The molecule has 108 valence electrons. The number of benzene rings is 1. The molecule has 2 N–H and O–H groups in total. The first-order valence-electron chi connectivity index (χ1n) is 6.58. The third-order valence-corrected chi connectivity index (χ3v) is 4.01. The fourth-order valence-corrected chi connectivity index (χ4v) is 2.35. The van der Waals surface area contributed by atoms with E-state index >= 15 is 0 Å². The summed E-state index contributed by atoms with van der Waals surface area (Å²) in [7, 11) is 7.40. The van der Waals surface area contributed by atoms with Crippen molar-refractivity contribution in [3.8, 4) is 11.5 Å². The van der Waals surface area contributed by atoms with Gasteiger partial charge in [-0.05, 0) is 45.6 Å². The molecule has 0 heterocycles. The van der Waals surface area contributed by atoms with Crippen molar-refractivity contribution in [2.75, 3.05) is 28.3 Å². The highest BCUT2D eigenvalue weighted by atomic mass is 16.5. The first-order chi connectivity index (χ1) is 8.90. The van der Waals surface area contributed by atoms with Crippen LogP contribution in [-0.4, -0.2) is 39.3 Å². The van der Waals surface area contributed by atoms with Crippen LogP contribution in [0.2, 0.25) is 0 Å². The number of nitrogens with zero attached hydrogens (tertiary/aromatic N) is 1. The number of hydrogen-bond donors (Lipinski definition) is 1. The minimum atomic E-state index is -0.483. The third-order valence-electron chi connectivity index (χ3n) is 4.01. The van der Waals surface area contributed by atoms with Gasteiger partial charge in [0.1, 0.15) is 11.5 Å². The maximum atomic E-state index is 6.69. The molecule has 0 aliphatic carbocycles. The monoisotopic (exact) mass is 266 g/mol. The molecule has 0 fully saturated rings. The number of nitrogens with two attached hydrogens (primary N) is 1. The van der Waals surface area contributed by atoms with Gasteiger partial charge < -0.3 is 20.1 Å². The number of methoxy groups -OCH3 is 2. The summed E-state index contributed by atoms with van der Waals surface area (Å²) in [6, 6.07) is 5.95. The molecule has 2 unspecified atom stereocenters. The smallest absolute Gasteiger partial charge is 0.124 e. The lowest BCUT2D eigenvalue weighted by atomic mass is 9.81. The fraction of sp³-hybridized carbons (Fsp3) is 0.600. The van der Waals surface area contributed by atoms with Gasteiger partial charge in [-0.15, -0.1) is 0 Å². The molecule has 4 heteroatoms. The van der Waals surface area contributed by atoms with E-state index < -0.39 is 5.54 Å². The van der Waals surface area contributed by atoms with E-state index in [-0.39, 0.29) is 6.04 Å². The molecule has 1 rings (SSSR count). The predicted octanol–water partition coefficient (Wildman–Crippen LogP) is 2.22. The number of ether oxygens (including phenoxy) is 2. The summed E-state index contributed by atoms with van der Waals surface area (Å²) in [5.74, 6) is 1.60. The zero-order valence-corrected chi connectivity index (χ0v) is 12.9. The molecule has 0 spiro atoms. The molecule has 4 nitrogen and oxygen atoms in total. The lowest BCUT2D eigenvalue weighted by molar-refractivity contribution is 0.182. The van der Waals surface area contributed by atoms with E-state index in [2.05, 4.69) is 18.7 Å². The average molecular weight is 266 g/mol. The Morgan fingerprint density at radius 3 is 2.32 bits per heavy atom. The second-order valence-corrected chi connectivity index (χ2v) is 5.10. The minimum Gasteiger partial charge on any atom is -0.497 e. The van der Waals surface area contributed by atoms with Crippen molar-refractivity contribution >= 4 is 0 Å². The minimum absolute atomic E-state index is 0.179. The van der Waals surface area contributed by atoms with Crippen LogP contribution in [0, 0.1) is 0 Å². The van der Waals surface area contributed by atoms with Crippen LogP contribution in [0.4, 0.5) is 0 Å². The maximum Gasteiger partial charge on any atom is 0.124 e. The van der Waals surface area contributed by atoms with E-state index in [0.717, 1.165) is 23.5 Å². The molecule has 0 saturated heterocycles. The van der Waals surface area contributed by atoms with Crippen molar-refractivity contribution in [3.63, 3.8) is 0 Å². The molecule has 0 saturated carbocycles. The Morgan fingerprint density at radius 2 is 1.89 bits per heavy atom. The van der Waals surface area contributed by atoms with Gasteiger partial charge in [0.25, 0.3) is 0 Å². The summed E-state index contributed by atoms with van der Waals surface area (Å²) >= 11 is 0. The SMILES string of the molecule is CCC(N)(c1cc(OC)ccc1OC)C(C)N(C)C. The van der Waals surface area contributed by atoms with Crippen molar-refractivity contribution in [3.05, 3.63) is 23.8 Å². The van der Waals surface area contributed by atoms with Gasteiger partial charge in [-0.2, -0.15) is 0 Å². The highest BCUT2D eigenvalue weighted by molar-refractivity contribution is 5.45. The summed E-state index contributed by atoms with van der Waals surface area (Å²) < 4.78 is 10.8. The second-order valence-electron chi connectivity index (χ2n) is 5.10. The van der Waals surface area contributed by atoms with E-state index in [1.54, 1.807) is 14.2 Å². The summed E-state index contributed by atoms with van der Waals surface area (Å²) in [6.07, 6.45) is 0.815.